The number of nitrogens with one attached hydrogen (secondary N) is 1. The number of amides is 3. The number of rotatable bonds is 10. The second kappa shape index (κ2) is 10.3. The molecule has 1 aliphatic heterocycles. The van der Waals surface area contributed by atoms with Gasteiger partial charge in [-0.05, 0) is 36.8 Å². The Balaban J connectivity index is 1.90. The van der Waals surface area contributed by atoms with Crippen molar-refractivity contribution in [2.75, 3.05) is 20.3 Å². The van der Waals surface area contributed by atoms with Crippen LogP contribution in [-0.2, 0) is 16.1 Å². The Kier molecular flexibility index (Phi) is 7.31. The van der Waals surface area contributed by atoms with Gasteiger partial charge in [0, 0.05) is 6.07 Å². The fraction of sp³-hybridized carbons (Fsp3) is 0.227. The molecule has 0 radical (unpaired) electrons. The summed E-state index contributed by atoms with van der Waals surface area (Å²) in [6.45, 7) is 5.22. The molecule has 0 unspecified atom stereocenters. The maximum Gasteiger partial charge on any atom is 0.373 e. The minimum atomic E-state index is -0.724. The van der Waals surface area contributed by atoms with Gasteiger partial charge in [0.15, 0.2) is 5.75 Å². The standard InChI is InChI=1S/C22H21N3O9/c1-4-8-33-19-16(25(29)30)10-13(11-18(19)32-5-2)9-15-20(26)24(22(28)23-15)12-14-6-7-17(34-14)21(27)31-3/h4,6-7,9-11H,1,5,8,12H2,2-3H3,(H,23,28)/b15-9-. The van der Waals surface area contributed by atoms with Crippen molar-refractivity contribution in [1.29, 1.82) is 0 Å². The highest BCUT2D eigenvalue weighted by atomic mass is 16.6. The molecule has 1 aliphatic rings. The number of nitro benzene ring substituents is 1. The molecule has 12 nitrogen and oxygen atoms in total. The Hall–Kier alpha value is -4.61. The van der Waals surface area contributed by atoms with E-state index in [0.717, 1.165) is 4.90 Å². The molecule has 0 atom stereocenters. The van der Waals surface area contributed by atoms with Crippen molar-refractivity contribution in [3.05, 3.63) is 69.8 Å². The Morgan fingerprint density at radius 3 is 2.71 bits per heavy atom. The maximum atomic E-state index is 12.8. The zero-order chi connectivity index (χ0) is 24.8. The number of imide groups is 1. The second-order valence-corrected chi connectivity index (χ2v) is 6.79. The molecule has 0 aliphatic carbocycles. The van der Waals surface area contributed by atoms with E-state index < -0.39 is 22.8 Å². The first-order valence-corrected chi connectivity index (χ1v) is 9.99. The average molecular weight is 471 g/mol. The molecule has 1 aromatic carbocycles. The second-order valence-electron chi connectivity index (χ2n) is 6.79. The largest absolute Gasteiger partial charge is 0.490 e. The predicted octanol–water partition coefficient (Wildman–Crippen LogP) is 3.03. The summed E-state index contributed by atoms with van der Waals surface area (Å²) in [6, 6.07) is 4.73. The molecule has 12 heteroatoms. The number of carbonyl (C=O) groups is 3. The van der Waals surface area contributed by atoms with Gasteiger partial charge in [-0.25, -0.2) is 9.59 Å². The van der Waals surface area contributed by atoms with Crippen LogP contribution >= 0.6 is 0 Å². The number of esters is 1. The molecular formula is C22H21N3O9. The van der Waals surface area contributed by atoms with E-state index in [1.807, 2.05) is 0 Å². The van der Waals surface area contributed by atoms with Crippen molar-refractivity contribution < 1.29 is 37.9 Å². The van der Waals surface area contributed by atoms with Crippen molar-refractivity contribution in [3.8, 4) is 11.5 Å². The molecule has 178 valence electrons. The zero-order valence-electron chi connectivity index (χ0n) is 18.4. The summed E-state index contributed by atoms with van der Waals surface area (Å²) in [5.41, 5.74) is -0.252. The highest BCUT2D eigenvalue weighted by Crippen LogP contribution is 2.39. The van der Waals surface area contributed by atoms with Crippen LogP contribution in [0.15, 0.2) is 47.0 Å². The number of furan rings is 1. The molecule has 1 fully saturated rings. The third-order valence-corrected chi connectivity index (χ3v) is 4.54. The van der Waals surface area contributed by atoms with Crippen LogP contribution in [0.4, 0.5) is 10.5 Å². The average Bonchev–Trinajstić information content (AvgIpc) is 3.38. The SMILES string of the molecule is C=CCOc1c(OCC)cc(/C=C2\NC(=O)N(Cc3ccc(C(=O)OC)o3)C2=O)cc1[N+](=O)[O-]. The first-order valence-electron chi connectivity index (χ1n) is 9.99. The summed E-state index contributed by atoms with van der Waals surface area (Å²) in [7, 11) is 1.19. The Labute approximate surface area is 193 Å². The summed E-state index contributed by atoms with van der Waals surface area (Å²) in [5.74, 6) is -1.25. The van der Waals surface area contributed by atoms with Crippen LogP contribution in [0.1, 0.15) is 28.8 Å². The van der Waals surface area contributed by atoms with Crippen LogP contribution in [0.2, 0.25) is 0 Å². The minimum Gasteiger partial charge on any atom is -0.490 e. The molecular weight excluding hydrogens is 450 g/mol. The van der Waals surface area contributed by atoms with Gasteiger partial charge in [0.1, 0.15) is 18.1 Å². The van der Waals surface area contributed by atoms with Gasteiger partial charge in [0.05, 0.1) is 25.2 Å². The van der Waals surface area contributed by atoms with Gasteiger partial charge in [-0.3, -0.25) is 19.8 Å². The summed E-state index contributed by atoms with van der Waals surface area (Å²) in [6.07, 6.45) is 2.72. The highest BCUT2D eigenvalue weighted by molar-refractivity contribution is 6.13. The predicted molar refractivity (Wildman–Crippen MR) is 117 cm³/mol. The van der Waals surface area contributed by atoms with Crippen LogP contribution in [0.3, 0.4) is 0 Å². The van der Waals surface area contributed by atoms with Gasteiger partial charge >= 0.3 is 17.7 Å². The van der Waals surface area contributed by atoms with Crippen molar-refractivity contribution in [2.24, 2.45) is 0 Å². The monoisotopic (exact) mass is 471 g/mol. The van der Waals surface area contributed by atoms with Crippen LogP contribution in [0.5, 0.6) is 11.5 Å². The van der Waals surface area contributed by atoms with E-state index in [9.17, 15) is 24.5 Å². The van der Waals surface area contributed by atoms with E-state index in [-0.39, 0.29) is 59.7 Å². The molecule has 2 heterocycles. The van der Waals surface area contributed by atoms with E-state index in [0.29, 0.717) is 0 Å². The highest BCUT2D eigenvalue weighted by Gasteiger charge is 2.35. The Morgan fingerprint density at radius 2 is 2.06 bits per heavy atom. The minimum absolute atomic E-state index is 0.0231. The lowest BCUT2D eigenvalue weighted by molar-refractivity contribution is -0.385. The quantitative estimate of drug-likeness (QED) is 0.138. The lowest BCUT2D eigenvalue weighted by atomic mass is 10.1. The summed E-state index contributed by atoms with van der Waals surface area (Å²) >= 11 is 0. The molecule has 0 saturated carbocycles. The van der Waals surface area contributed by atoms with Gasteiger partial charge in [0.25, 0.3) is 5.91 Å². The molecule has 1 N–H and O–H groups in total. The normalized spacial score (nSPS) is 14.2. The first-order chi connectivity index (χ1) is 16.3. The third-order valence-electron chi connectivity index (χ3n) is 4.54. The van der Waals surface area contributed by atoms with Crippen molar-refractivity contribution in [2.45, 2.75) is 13.5 Å². The first kappa shape index (κ1) is 24.0. The Morgan fingerprint density at radius 1 is 1.29 bits per heavy atom. The molecule has 3 rings (SSSR count). The number of ether oxygens (including phenoxy) is 3. The number of hydrogen-bond donors (Lipinski definition) is 1. The zero-order valence-corrected chi connectivity index (χ0v) is 18.4. The molecule has 1 aromatic heterocycles. The van der Waals surface area contributed by atoms with Crippen LogP contribution in [0.25, 0.3) is 6.08 Å². The summed E-state index contributed by atoms with van der Waals surface area (Å²) in [5, 5.41) is 14.0. The van der Waals surface area contributed by atoms with Crippen molar-refractivity contribution in [3.63, 3.8) is 0 Å². The molecule has 3 amide bonds. The molecule has 1 saturated heterocycles. The van der Waals surface area contributed by atoms with E-state index in [1.165, 1.54) is 43.5 Å². The number of methoxy groups -OCH3 is 1. The molecule has 0 bridgehead atoms. The van der Waals surface area contributed by atoms with Gasteiger partial charge in [-0.1, -0.05) is 12.7 Å². The number of nitrogens with zero attached hydrogens (tertiary/aromatic N) is 2. The maximum absolute atomic E-state index is 12.8. The number of benzene rings is 1. The van der Waals surface area contributed by atoms with Crippen LogP contribution in [-0.4, -0.2) is 48.1 Å². The number of nitro groups is 1. The van der Waals surface area contributed by atoms with E-state index >= 15 is 0 Å². The van der Waals surface area contributed by atoms with Gasteiger partial charge in [0.2, 0.25) is 11.5 Å². The summed E-state index contributed by atoms with van der Waals surface area (Å²) < 4.78 is 20.7. The topological polar surface area (TPSA) is 150 Å². The fourth-order valence-corrected chi connectivity index (χ4v) is 3.09. The molecule has 34 heavy (non-hydrogen) atoms. The van der Waals surface area contributed by atoms with Crippen molar-refractivity contribution >= 4 is 29.7 Å². The van der Waals surface area contributed by atoms with Gasteiger partial charge in [-0.2, -0.15) is 0 Å². The van der Waals surface area contributed by atoms with Crippen LogP contribution < -0.4 is 14.8 Å². The van der Waals surface area contributed by atoms with Crippen molar-refractivity contribution in [1.82, 2.24) is 10.2 Å². The van der Waals surface area contributed by atoms with E-state index in [4.69, 9.17) is 13.9 Å². The van der Waals surface area contributed by atoms with E-state index in [1.54, 1.807) is 6.92 Å². The third kappa shape index (κ3) is 5.06. The summed E-state index contributed by atoms with van der Waals surface area (Å²) in [4.78, 5) is 48.5. The Bertz CT molecular complexity index is 1180. The van der Waals surface area contributed by atoms with E-state index in [2.05, 4.69) is 16.6 Å². The lowest BCUT2D eigenvalue weighted by Crippen LogP contribution is -2.30. The molecule has 2 aromatic rings. The molecule has 0 spiro atoms. The lowest BCUT2D eigenvalue weighted by Gasteiger charge is -2.12. The van der Waals surface area contributed by atoms with Crippen LogP contribution in [0, 0.1) is 10.1 Å². The number of urea groups is 1. The van der Waals surface area contributed by atoms with Gasteiger partial charge in [-0.15, -0.1) is 0 Å². The van der Waals surface area contributed by atoms with Gasteiger partial charge < -0.3 is 23.9 Å². The number of carbonyl (C=O) groups excluding carboxylic acids is 3. The number of hydrogen-bond acceptors (Lipinski definition) is 9. The smallest absolute Gasteiger partial charge is 0.373 e. The fourth-order valence-electron chi connectivity index (χ4n) is 3.09.